The molecule has 0 amide bonds. The van der Waals surface area contributed by atoms with Gasteiger partial charge in [-0.15, -0.1) is 0 Å². The molecule has 1 spiro atoms. The fraction of sp³-hybridized carbons (Fsp3) is 0.357. The first-order chi connectivity index (χ1) is 14.6. The second-order valence-corrected chi connectivity index (χ2v) is 11.4. The molecule has 2 heteroatoms. The van der Waals surface area contributed by atoms with E-state index in [1.807, 2.05) is 0 Å². The highest BCUT2D eigenvalue weighted by atomic mass is 79.9. The van der Waals surface area contributed by atoms with Crippen LogP contribution < -0.4 is 0 Å². The largest absolute Gasteiger partial charge is 0.0836 e. The van der Waals surface area contributed by atoms with Crippen LogP contribution in [0.3, 0.4) is 0 Å². The van der Waals surface area contributed by atoms with Crippen molar-refractivity contribution in [3.05, 3.63) is 81.3 Å². The highest BCUT2D eigenvalue weighted by Gasteiger charge is 2.61. The smallest absolute Gasteiger partial charge is 0.0493 e. The van der Waals surface area contributed by atoms with E-state index in [-0.39, 0.29) is 5.41 Å². The Morgan fingerprint density at radius 3 is 2.10 bits per heavy atom. The van der Waals surface area contributed by atoms with Gasteiger partial charge in [0.15, 0.2) is 0 Å². The second kappa shape index (κ2) is 6.24. The number of hydrogen-bond acceptors (Lipinski definition) is 0. The maximum atomic E-state index is 7.07. The number of fused-ring (bicyclic) bond motifs is 3. The van der Waals surface area contributed by atoms with Crippen LogP contribution in [0.2, 0.25) is 5.02 Å². The van der Waals surface area contributed by atoms with E-state index in [1.54, 1.807) is 5.56 Å². The van der Waals surface area contributed by atoms with Crippen molar-refractivity contribution in [3.8, 4) is 22.3 Å². The van der Waals surface area contributed by atoms with Crippen LogP contribution in [0, 0.1) is 23.7 Å². The van der Waals surface area contributed by atoms with Gasteiger partial charge in [0.25, 0.3) is 0 Å². The molecule has 0 aromatic heterocycles. The molecule has 0 radical (unpaired) electrons. The Balaban J connectivity index is 1.51. The molecule has 30 heavy (non-hydrogen) atoms. The minimum atomic E-state index is 0.175. The quantitative estimate of drug-likeness (QED) is 0.331. The Hall–Kier alpha value is -1.57. The van der Waals surface area contributed by atoms with Gasteiger partial charge in [0.2, 0.25) is 0 Å². The van der Waals surface area contributed by atoms with Crippen LogP contribution in [0.15, 0.2) is 65.1 Å². The van der Waals surface area contributed by atoms with Crippen molar-refractivity contribution in [2.45, 2.75) is 37.5 Å². The summed E-state index contributed by atoms with van der Waals surface area (Å²) in [5.74, 6) is 3.46. The maximum absolute atomic E-state index is 7.07. The minimum absolute atomic E-state index is 0.175. The van der Waals surface area contributed by atoms with Crippen LogP contribution in [-0.4, -0.2) is 0 Å². The van der Waals surface area contributed by atoms with E-state index in [9.17, 15) is 0 Å². The third-order valence-corrected chi connectivity index (χ3v) is 9.61. The molecule has 0 atom stereocenters. The van der Waals surface area contributed by atoms with Crippen molar-refractivity contribution >= 4 is 27.5 Å². The van der Waals surface area contributed by atoms with E-state index in [0.717, 1.165) is 33.2 Å². The summed E-state index contributed by atoms with van der Waals surface area (Å²) in [6.07, 6.45) is 7.10. The minimum Gasteiger partial charge on any atom is -0.0836 e. The average Bonchev–Trinajstić information content (AvgIpc) is 3.03. The van der Waals surface area contributed by atoms with Gasteiger partial charge in [-0.3, -0.25) is 0 Å². The average molecular weight is 476 g/mol. The van der Waals surface area contributed by atoms with Gasteiger partial charge in [0.1, 0.15) is 0 Å². The highest BCUT2D eigenvalue weighted by Crippen LogP contribution is 2.70. The zero-order valence-electron chi connectivity index (χ0n) is 16.9. The lowest BCUT2D eigenvalue weighted by Crippen LogP contribution is -2.55. The van der Waals surface area contributed by atoms with E-state index >= 15 is 0 Å². The van der Waals surface area contributed by atoms with Crippen molar-refractivity contribution in [1.82, 2.24) is 0 Å². The summed E-state index contributed by atoms with van der Waals surface area (Å²) in [5, 5.41) is 0.920. The lowest BCUT2D eigenvalue weighted by Gasteiger charge is -2.61. The molecule has 150 valence electrons. The molecule has 0 unspecified atom stereocenters. The molecule has 5 aliphatic carbocycles. The highest BCUT2D eigenvalue weighted by molar-refractivity contribution is 9.10. The Labute approximate surface area is 191 Å². The maximum Gasteiger partial charge on any atom is 0.0493 e. The van der Waals surface area contributed by atoms with Gasteiger partial charge in [0.05, 0.1) is 0 Å². The van der Waals surface area contributed by atoms with Gasteiger partial charge < -0.3 is 0 Å². The summed E-state index contributed by atoms with van der Waals surface area (Å²) in [6.45, 7) is 0. The Morgan fingerprint density at radius 2 is 1.40 bits per heavy atom. The molecule has 5 aliphatic rings. The van der Waals surface area contributed by atoms with Crippen LogP contribution in [0.4, 0.5) is 0 Å². The topological polar surface area (TPSA) is 0 Å². The van der Waals surface area contributed by atoms with E-state index in [2.05, 4.69) is 76.6 Å². The normalized spacial score (nSPS) is 32.5. The zero-order valence-corrected chi connectivity index (χ0v) is 19.2. The first-order valence-corrected chi connectivity index (χ1v) is 12.5. The number of benzene rings is 3. The van der Waals surface area contributed by atoms with Crippen LogP contribution in [-0.2, 0) is 5.41 Å². The molecule has 0 nitrogen and oxygen atoms in total. The second-order valence-electron chi connectivity index (χ2n) is 10.1. The van der Waals surface area contributed by atoms with Crippen molar-refractivity contribution < 1.29 is 0 Å². The number of halogens is 2. The van der Waals surface area contributed by atoms with Crippen molar-refractivity contribution in [3.63, 3.8) is 0 Å². The lowest BCUT2D eigenvalue weighted by molar-refractivity contribution is -0.0399. The monoisotopic (exact) mass is 474 g/mol. The first kappa shape index (κ1) is 18.0. The molecule has 3 aromatic carbocycles. The van der Waals surface area contributed by atoms with Crippen LogP contribution in [0.5, 0.6) is 0 Å². The van der Waals surface area contributed by atoms with Crippen molar-refractivity contribution in [2.24, 2.45) is 23.7 Å². The molecule has 0 saturated heterocycles. The molecular weight excluding hydrogens is 452 g/mol. The summed E-state index contributed by atoms with van der Waals surface area (Å²) in [4.78, 5) is 0. The third kappa shape index (κ3) is 2.24. The first-order valence-electron chi connectivity index (χ1n) is 11.3. The fourth-order valence-corrected chi connectivity index (χ4v) is 8.62. The SMILES string of the molecule is Clc1cc(-c2ccc(Br)cc2)cc2c1-c1ccccc1C21C2CC3CC(C2)CC1C3. The molecule has 0 N–H and O–H groups in total. The summed E-state index contributed by atoms with van der Waals surface area (Å²) >= 11 is 10.6. The van der Waals surface area contributed by atoms with Crippen molar-refractivity contribution in [1.29, 1.82) is 0 Å². The molecular formula is C28H24BrCl. The summed E-state index contributed by atoms with van der Waals surface area (Å²) in [5.41, 5.74) is 8.50. The predicted octanol–water partition coefficient (Wildman–Crippen LogP) is 8.49. The molecule has 4 fully saturated rings. The Morgan fingerprint density at radius 1 is 0.733 bits per heavy atom. The van der Waals surface area contributed by atoms with E-state index < -0.39 is 0 Å². The summed E-state index contributed by atoms with van der Waals surface area (Å²) in [6, 6.07) is 22.5. The van der Waals surface area contributed by atoms with E-state index in [1.165, 1.54) is 59.9 Å². The van der Waals surface area contributed by atoms with Gasteiger partial charge in [-0.1, -0.05) is 63.9 Å². The fourth-order valence-electron chi connectivity index (χ4n) is 8.03. The zero-order chi connectivity index (χ0) is 20.0. The molecule has 3 aromatic rings. The van der Waals surface area contributed by atoms with Crippen LogP contribution in [0.25, 0.3) is 22.3 Å². The molecule has 4 saturated carbocycles. The number of rotatable bonds is 1. The van der Waals surface area contributed by atoms with Gasteiger partial charge in [-0.05, 0) is 108 Å². The lowest BCUT2D eigenvalue weighted by atomic mass is 9.43. The number of hydrogen-bond donors (Lipinski definition) is 0. The van der Waals surface area contributed by atoms with Gasteiger partial charge in [-0.25, -0.2) is 0 Å². The van der Waals surface area contributed by atoms with Gasteiger partial charge >= 0.3 is 0 Å². The predicted molar refractivity (Wildman–Crippen MR) is 128 cm³/mol. The molecule has 4 bridgehead atoms. The summed E-state index contributed by atoms with van der Waals surface area (Å²) < 4.78 is 1.11. The summed E-state index contributed by atoms with van der Waals surface area (Å²) in [7, 11) is 0. The van der Waals surface area contributed by atoms with E-state index in [4.69, 9.17) is 11.6 Å². The standard InChI is InChI=1S/C28H24BrCl/c29-22-7-5-18(6-8-22)19-14-25-27(26(30)15-19)23-3-1-2-4-24(23)28(25)20-10-16-9-17(12-20)13-21(28)11-16/h1-8,14-17,20-21H,9-13H2. The Bertz CT molecular complexity index is 1150. The van der Waals surface area contributed by atoms with Crippen molar-refractivity contribution in [2.75, 3.05) is 0 Å². The van der Waals surface area contributed by atoms with Crippen LogP contribution in [0.1, 0.15) is 43.2 Å². The Kier molecular flexibility index (Phi) is 3.75. The molecule has 0 heterocycles. The van der Waals surface area contributed by atoms with Gasteiger partial charge in [-0.2, -0.15) is 0 Å². The third-order valence-electron chi connectivity index (χ3n) is 8.78. The molecule has 0 aliphatic heterocycles. The van der Waals surface area contributed by atoms with E-state index in [0.29, 0.717) is 0 Å². The van der Waals surface area contributed by atoms with Gasteiger partial charge in [0, 0.05) is 20.5 Å². The van der Waals surface area contributed by atoms with Crippen LogP contribution >= 0.6 is 27.5 Å². The molecule has 8 rings (SSSR count).